The molecule has 0 bridgehead atoms. The summed E-state index contributed by atoms with van der Waals surface area (Å²) in [6.07, 6.45) is -0.692. The van der Waals surface area contributed by atoms with Gasteiger partial charge in [0.1, 0.15) is 25.3 Å². The Hall–Kier alpha value is -2.03. The van der Waals surface area contributed by atoms with Crippen molar-refractivity contribution in [2.45, 2.75) is 109 Å². The van der Waals surface area contributed by atoms with E-state index >= 15 is 0 Å². The van der Waals surface area contributed by atoms with Crippen molar-refractivity contribution < 1.29 is 53.4 Å². The van der Waals surface area contributed by atoms with Crippen molar-refractivity contribution in [3.63, 3.8) is 0 Å². The van der Waals surface area contributed by atoms with E-state index in [1.165, 1.54) is 13.2 Å². The predicted molar refractivity (Wildman–Crippen MR) is 166 cm³/mol. The fourth-order valence-corrected chi connectivity index (χ4v) is 6.18. The Morgan fingerprint density at radius 2 is 1.78 bits per heavy atom. The van der Waals surface area contributed by atoms with Gasteiger partial charge in [-0.1, -0.05) is 38.5 Å². The van der Waals surface area contributed by atoms with Gasteiger partial charge in [0.15, 0.2) is 12.1 Å². The second-order valence-corrected chi connectivity index (χ2v) is 12.7. The van der Waals surface area contributed by atoms with Crippen molar-refractivity contribution in [3.05, 3.63) is 23.8 Å². The van der Waals surface area contributed by atoms with Crippen LogP contribution < -0.4 is 0 Å². The second kappa shape index (κ2) is 19.0. The van der Waals surface area contributed by atoms with E-state index in [9.17, 15) is 29.7 Å². The van der Waals surface area contributed by atoms with Crippen LogP contribution in [-0.2, 0) is 38.1 Å². The molecule has 12 atom stereocenters. The molecule has 12 heteroatoms. The molecule has 3 N–H and O–H groups in total. The molecule has 0 unspecified atom stereocenters. The van der Waals surface area contributed by atoms with Crippen LogP contribution in [0.2, 0.25) is 0 Å². The van der Waals surface area contributed by atoms with Crippen LogP contribution in [0.15, 0.2) is 23.8 Å². The molecule has 1 saturated heterocycles. The summed E-state index contributed by atoms with van der Waals surface area (Å²) in [6, 6.07) is -0.710. The van der Waals surface area contributed by atoms with E-state index in [1.54, 1.807) is 45.8 Å². The molecule has 0 aromatic carbocycles. The van der Waals surface area contributed by atoms with E-state index in [0.717, 1.165) is 11.9 Å². The third-order valence-corrected chi connectivity index (χ3v) is 8.86. The topological polar surface area (TPSA) is 161 Å². The van der Waals surface area contributed by atoms with Gasteiger partial charge >= 0.3 is 5.97 Å². The minimum absolute atomic E-state index is 0.00556. The van der Waals surface area contributed by atoms with Crippen LogP contribution in [-0.4, -0.2) is 122 Å². The van der Waals surface area contributed by atoms with Gasteiger partial charge in [0.25, 0.3) is 0 Å². The van der Waals surface area contributed by atoms with Crippen LogP contribution in [0.4, 0.5) is 0 Å². The molecule has 2 aliphatic rings. The summed E-state index contributed by atoms with van der Waals surface area (Å²) in [5, 5.41) is 33.2. The van der Waals surface area contributed by atoms with Gasteiger partial charge in [-0.2, -0.15) is 0 Å². The Labute approximate surface area is 267 Å². The van der Waals surface area contributed by atoms with Crippen molar-refractivity contribution in [1.82, 2.24) is 4.90 Å². The Morgan fingerprint density at radius 1 is 1.09 bits per heavy atom. The first kappa shape index (κ1) is 39.1. The van der Waals surface area contributed by atoms with E-state index in [4.69, 9.17) is 23.7 Å². The Kier molecular flexibility index (Phi) is 16.5. The third kappa shape index (κ3) is 11.3. The van der Waals surface area contributed by atoms with Crippen molar-refractivity contribution >= 4 is 18.0 Å². The van der Waals surface area contributed by atoms with E-state index in [-0.39, 0.29) is 44.4 Å². The maximum Gasteiger partial charge on any atom is 0.308 e. The van der Waals surface area contributed by atoms with E-state index in [0.29, 0.717) is 6.42 Å². The number of hydrogen-bond acceptors (Lipinski definition) is 12. The Balaban J connectivity index is 2.51. The molecule has 12 nitrogen and oxygen atoms in total. The first-order chi connectivity index (χ1) is 21.2. The van der Waals surface area contributed by atoms with E-state index in [1.807, 2.05) is 19.9 Å². The standard InChI is InChI=1S/C33H55NO11/c1-9-27-24(17-42-18-41-8)14-19(2)10-11-25(36)20(3)15-23(12-13-35)32(21(4)26(37)16-28(38)44-27)45-33-31(40)29(34(6)7)30(39)22(5)43-33/h10-11,13-14,20-24,26-27,29-33,37,39-40H,9,12,15-18H2,1-8H3/b11-10+,19-14+/t20-,21+,22-,23+,24-,26-,27-,29+,30-,31-,32-,33+/m1/s1. The minimum Gasteiger partial charge on any atom is -0.462 e. The minimum atomic E-state index is -1.27. The lowest BCUT2D eigenvalue weighted by atomic mass is 9.79. The average Bonchev–Trinajstić information content (AvgIpc) is 2.98. The number of aliphatic hydroxyl groups is 3. The Morgan fingerprint density at radius 3 is 2.38 bits per heavy atom. The predicted octanol–water partition coefficient (Wildman–Crippen LogP) is 2.03. The number of hydrogen-bond donors (Lipinski definition) is 3. The molecule has 0 saturated carbocycles. The van der Waals surface area contributed by atoms with Gasteiger partial charge < -0.3 is 48.7 Å². The molecular weight excluding hydrogens is 586 g/mol. The summed E-state index contributed by atoms with van der Waals surface area (Å²) in [7, 11) is 4.96. The first-order valence-corrected chi connectivity index (χ1v) is 15.9. The fraction of sp³-hybridized carbons (Fsp3) is 0.788. The fourth-order valence-electron chi connectivity index (χ4n) is 6.18. The number of allylic oxidation sites excluding steroid dienone is 3. The summed E-state index contributed by atoms with van der Waals surface area (Å²) in [5.41, 5.74) is 0.776. The van der Waals surface area contributed by atoms with Crippen LogP contribution in [0.1, 0.15) is 60.3 Å². The molecule has 0 amide bonds. The Bertz CT molecular complexity index is 1000. The molecule has 258 valence electrons. The monoisotopic (exact) mass is 641 g/mol. The van der Waals surface area contributed by atoms with Gasteiger partial charge in [-0.3, -0.25) is 9.59 Å². The number of aldehydes is 1. The molecule has 1 fully saturated rings. The third-order valence-electron chi connectivity index (χ3n) is 8.86. The summed E-state index contributed by atoms with van der Waals surface area (Å²) in [4.78, 5) is 40.0. The van der Waals surface area contributed by atoms with Crippen LogP contribution in [0.5, 0.6) is 0 Å². The zero-order valence-electron chi connectivity index (χ0n) is 28.0. The number of methoxy groups -OCH3 is 1. The summed E-state index contributed by atoms with van der Waals surface area (Å²) >= 11 is 0. The van der Waals surface area contributed by atoms with Gasteiger partial charge in [0.05, 0.1) is 43.5 Å². The number of cyclic esters (lactones) is 1. The highest BCUT2D eigenvalue weighted by molar-refractivity contribution is 5.91. The molecule has 2 rings (SSSR count). The van der Waals surface area contributed by atoms with Gasteiger partial charge in [0, 0.05) is 31.3 Å². The number of nitrogens with zero attached hydrogens (tertiary/aromatic N) is 1. The SMILES string of the molecule is CC[C@H]1OC(=O)C[C@@H](O)[C@H](C)[C@@H](O[C@@H]2O[C@H](C)[C@@H](O)[C@H](N(C)C)[C@H]2O)[C@@H](CC=O)C[C@@H](C)C(=O)/C=C/C(C)=C/[C@@H]1COCOC. The highest BCUT2D eigenvalue weighted by Crippen LogP contribution is 2.34. The number of carbonyl (C=O) groups is 3. The quantitative estimate of drug-likeness (QED) is 0.138. The lowest BCUT2D eigenvalue weighted by Gasteiger charge is -2.46. The van der Waals surface area contributed by atoms with E-state index < -0.39 is 72.7 Å². The van der Waals surface area contributed by atoms with Gasteiger partial charge in [-0.15, -0.1) is 0 Å². The average molecular weight is 642 g/mol. The number of ketones is 1. The lowest BCUT2D eigenvalue weighted by molar-refractivity contribution is -0.304. The van der Waals surface area contributed by atoms with Crippen molar-refractivity contribution in [1.29, 1.82) is 0 Å². The largest absolute Gasteiger partial charge is 0.462 e. The van der Waals surface area contributed by atoms with Crippen molar-refractivity contribution in [2.75, 3.05) is 34.6 Å². The van der Waals surface area contributed by atoms with Gasteiger partial charge in [-0.25, -0.2) is 0 Å². The first-order valence-electron chi connectivity index (χ1n) is 15.9. The lowest BCUT2D eigenvalue weighted by Crippen LogP contribution is -2.63. The number of likely N-dealkylation sites (N-methyl/N-ethyl adjacent to an activating group) is 1. The van der Waals surface area contributed by atoms with E-state index in [2.05, 4.69) is 0 Å². The molecule has 0 spiro atoms. The highest BCUT2D eigenvalue weighted by Gasteiger charge is 2.47. The van der Waals surface area contributed by atoms with Crippen LogP contribution in [0, 0.1) is 23.7 Å². The normalized spacial score (nSPS) is 39.6. The number of ether oxygens (including phenoxy) is 5. The molecule has 0 aromatic heterocycles. The number of carbonyl (C=O) groups excluding carboxylic acids is 3. The van der Waals surface area contributed by atoms with Crippen molar-refractivity contribution in [3.8, 4) is 0 Å². The maximum atomic E-state index is 13.2. The smallest absolute Gasteiger partial charge is 0.308 e. The molecule has 2 heterocycles. The number of aliphatic hydroxyl groups excluding tert-OH is 3. The highest BCUT2D eigenvalue weighted by atomic mass is 16.7. The molecule has 0 aromatic rings. The van der Waals surface area contributed by atoms with Crippen molar-refractivity contribution in [2.24, 2.45) is 23.7 Å². The van der Waals surface area contributed by atoms with Gasteiger partial charge in [-0.05, 0) is 52.8 Å². The number of rotatable bonds is 10. The number of esters is 1. The molecule has 45 heavy (non-hydrogen) atoms. The summed E-state index contributed by atoms with van der Waals surface area (Å²) in [5.74, 6) is -2.92. The second-order valence-electron chi connectivity index (χ2n) is 12.7. The molecule has 0 radical (unpaired) electrons. The molecule has 2 aliphatic heterocycles. The zero-order valence-corrected chi connectivity index (χ0v) is 28.0. The van der Waals surface area contributed by atoms with Crippen LogP contribution in [0.25, 0.3) is 0 Å². The van der Waals surface area contributed by atoms with Crippen LogP contribution in [0.3, 0.4) is 0 Å². The van der Waals surface area contributed by atoms with Crippen LogP contribution >= 0.6 is 0 Å². The zero-order chi connectivity index (χ0) is 33.8. The molecular formula is C33H55NO11. The summed E-state index contributed by atoms with van der Waals surface area (Å²) in [6.45, 7) is 9.12. The van der Waals surface area contributed by atoms with Gasteiger partial charge in [0.2, 0.25) is 0 Å². The maximum absolute atomic E-state index is 13.2. The summed E-state index contributed by atoms with van der Waals surface area (Å²) < 4.78 is 28.7. The molecule has 0 aliphatic carbocycles.